The molecule has 0 atom stereocenters. The molecule has 0 aliphatic carbocycles. The monoisotopic (exact) mass is 428 g/mol. The maximum atomic E-state index is 13.2. The Morgan fingerprint density at radius 1 is 1.07 bits per heavy atom. The number of anilines is 2. The summed E-state index contributed by atoms with van der Waals surface area (Å²) >= 11 is 1.31. The van der Waals surface area contributed by atoms with Crippen LogP contribution < -0.4 is 9.80 Å². The van der Waals surface area contributed by atoms with Gasteiger partial charge in [0.2, 0.25) is 0 Å². The second kappa shape index (κ2) is 6.77. The molecule has 2 aromatic rings. The maximum absolute atomic E-state index is 13.2. The summed E-state index contributed by atoms with van der Waals surface area (Å²) < 4.78 is 27.5. The number of sulfonamides is 1. The van der Waals surface area contributed by atoms with E-state index in [4.69, 9.17) is 0 Å². The van der Waals surface area contributed by atoms with Gasteiger partial charge in [0.15, 0.2) is 5.17 Å². The molecule has 150 valence electrons. The molecule has 1 amide bonds. The molecule has 0 radical (unpaired) electrons. The van der Waals surface area contributed by atoms with Crippen molar-refractivity contribution in [2.45, 2.75) is 11.4 Å². The van der Waals surface area contributed by atoms with Gasteiger partial charge in [-0.25, -0.2) is 8.42 Å². The third-order valence-electron chi connectivity index (χ3n) is 5.48. The fraction of sp³-hybridized carbons (Fsp3) is 0.300. The molecule has 0 saturated carbocycles. The number of para-hydroxylation sites is 1. The van der Waals surface area contributed by atoms with E-state index >= 15 is 0 Å². The number of thioether (sulfide) groups is 1. The molecule has 5 rings (SSSR count). The number of rotatable bonds is 1. The number of fused-ring (bicyclic) bond motifs is 4. The minimum absolute atomic E-state index is 0.0118. The van der Waals surface area contributed by atoms with Crippen LogP contribution in [-0.4, -0.2) is 56.8 Å². The van der Waals surface area contributed by atoms with Crippen molar-refractivity contribution in [3.05, 3.63) is 53.6 Å². The van der Waals surface area contributed by atoms with Gasteiger partial charge in [0.25, 0.3) is 15.9 Å². The molecule has 0 fully saturated rings. The molecule has 29 heavy (non-hydrogen) atoms. The molecular formula is C20H20N4O3S2. The third kappa shape index (κ3) is 3.28. The zero-order chi connectivity index (χ0) is 20.2. The standard InChI is InChI=1S/C20H20N4O3S2/c1-22-8-9-23(13-15-4-2-3-5-16(15)22)19(25)14-6-7-17-18(12-14)28-20-21-29(26,27)11-10-24(17)20/h2-7,12H,8-11,13H2,1H3. The zero-order valence-corrected chi connectivity index (χ0v) is 17.5. The molecule has 0 unspecified atom stereocenters. The lowest BCUT2D eigenvalue weighted by molar-refractivity contribution is 0.0751. The first-order valence-corrected chi connectivity index (χ1v) is 11.8. The predicted molar refractivity (Wildman–Crippen MR) is 115 cm³/mol. The summed E-state index contributed by atoms with van der Waals surface area (Å²) in [5.74, 6) is -0.00401. The second-order valence-corrected chi connectivity index (χ2v) is 10.1. The van der Waals surface area contributed by atoms with Crippen molar-refractivity contribution in [3.8, 4) is 0 Å². The molecule has 3 aliphatic rings. The Kier molecular flexibility index (Phi) is 4.32. The number of likely N-dealkylation sites (N-methyl/N-ethyl adjacent to an activating group) is 1. The van der Waals surface area contributed by atoms with Gasteiger partial charge < -0.3 is 14.7 Å². The van der Waals surface area contributed by atoms with Crippen molar-refractivity contribution in [1.82, 2.24) is 4.90 Å². The van der Waals surface area contributed by atoms with E-state index in [0.717, 1.165) is 28.4 Å². The number of carbonyl (C=O) groups excluding carboxylic acids is 1. The summed E-state index contributed by atoms with van der Waals surface area (Å²) in [7, 11) is -1.34. The first kappa shape index (κ1) is 18.5. The van der Waals surface area contributed by atoms with E-state index in [9.17, 15) is 13.2 Å². The summed E-state index contributed by atoms with van der Waals surface area (Å²) in [6.07, 6.45) is 0. The second-order valence-electron chi connectivity index (χ2n) is 7.37. The van der Waals surface area contributed by atoms with Crippen LogP contribution in [0.1, 0.15) is 15.9 Å². The fourth-order valence-electron chi connectivity index (χ4n) is 3.91. The maximum Gasteiger partial charge on any atom is 0.257 e. The highest BCUT2D eigenvalue weighted by Gasteiger charge is 2.34. The molecule has 0 aromatic heterocycles. The van der Waals surface area contributed by atoms with E-state index < -0.39 is 10.0 Å². The highest BCUT2D eigenvalue weighted by molar-refractivity contribution is 8.15. The first-order chi connectivity index (χ1) is 13.9. The number of amidine groups is 1. The summed E-state index contributed by atoms with van der Waals surface area (Å²) in [6.45, 7) is 2.38. The summed E-state index contributed by atoms with van der Waals surface area (Å²) in [5, 5.41) is 0.473. The minimum Gasteiger partial charge on any atom is -0.373 e. The Hall–Kier alpha value is -2.52. The highest BCUT2D eigenvalue weighted by Crippen LogP contribution is 2.42. The van der Waals surface area contributed by atoms with Crippen molar-refractivity contribution in [1.29, 1.82) is 0 Å². The number of nitrogens with zero attached hydrogens (tertiary/aromatic N) is 4. The van der Waals surface area contributed by atoms with Gasteiger partial charge in [-0.3, -0.25) is 4.79 Å². The highest BCUT2D eigenvalue weighted by atomic mass is 32.2. The molecule has 9 heteroatoms. The molecule has 0 N–H and O–H groups in total. The quantitative estimate of drug-likeness (QED) is 0.695. The van der Waals surface area contributed by atoms with Crippen LogP contribution in [0.3, 0.4) is 0 Å². The van der Waals surface area contributed by atoms with Crippen LogP contribution in [0.4, 0.5) is 11.4 Å². The van der Waals surface area contributed by atoms with Gasteiger partial charge in [0.1, 0.15) is 0 Å². The fourth-order valence-corrected chi connectivity index (χ4v) is 6.21. The number of benzene rings is 2. The molecule has 0 bridgehead atoms. The van der Waals surface area contributed by atoms with Gasteiger partial charge in [-0.2, -0.15) is 0 Å². The van der Waals surface area contributed by atoms with E-state index in [-0.39, 0.29) is 11.7 Å². The normalized spacial score (nSPS) is 19.8. The Bertz CT molecular complexity index is 1150. The van der Waals surface area contributed by atoms with Crippen LogP contribution in [-0.2, 0) is 16.6 Å². The van der Waals surface area contributed by atoms with Crippen LogP contribution >= 0.6 is 11.8 Å². The van der Waals surface area contributed by atoms with Crippen LogP contribution in [0.15, 0.2) is 51.8 Å². The summed E-state index contributed by atoms with van der Waals surface area (Å²) in [5.41, 5.74) is 3.82. The smallest absolute Gasteiger partial charge is 0.257 e. The lowest BCUT2D eigenvalue weighted by Gasteiger charge is -2.23. The van der Waals surface area contributed by atoms with Crippen LogP contribution in [0.2, 0.25) is 0 Å². The average Bonchev–Trinajstić information content (AvgIpc) is 2.96. The molecule has 3 aliphatic heterocycles. The van der Waals surface area contributed by atoms with Crippen molar-refractivity contribution in [2.24, 2.45) is 4.40 Å². The van der Waals surface area contributed by atoms with Crippen LogP contribution in [0, 0.1) is 0 Å². The lowest BCUT2D eigenvalue weighted by atomic mass is 10.1. The minimum atomic E-state index is -3.39. The Labute approximate surface area is 174 Å². The number of carbonyl (C=O) groups is 1. The summed E-state index contributed by atoms with van der Waals surface area (Å²) in [6, 6.07) is 13.7. The van der Waals surface area contributed by atoms with Crippen molar-refractivity contribution in [2.75, 3.05) is 42.2 Å². The number of hydrogen-bond donors (Lipinski definition) is 0. The van der Waals surface area contributed by atoms with Gasteiger partial charge in [0.05, 0.1) is 11.4 Å². The molecule has 2 aromatic carbocycles. The van der Waals surface area contributed by atoms with E-state index in [2.05, 4.69) is 21.4 Å². The lowest BCUT2D eigenvalue weighted by Crippen LogP contribution is -2.35. The van der Waals surface area contributed by atoms with E-state index in [1.165, 1.54) is 11.8 Å². The van der Waals surface area contributed by atoms with Gasteiger partial charge in [0, 0.05) is 49.4 Å². The van der Waals surface area contributed by atoms with E-state index in [1.54, 1.807) is 0 Å². The van der Waals surface area contributed by atoms with Crippen LogP contribution in [0.25, 0.3) is 0 Å². The topological polar surface area (TPSA) is 73.3 Å². The van der Waals surface area contributed by atoms with Gasteiger partial charge in [-0.1, -0.05) is 18.2 Å². The molecule has 3 heterocycles. The summed E-state index contributed by atoms with van der Waals surface area (Å²) in [4.78, 5) is 20.1. The zero-order valence-electron chi connectivity index (χ0n) is 15.9. The number of hydrogen-bond acceptors (Lipinski definition) is 6. The molecule has 0 saturated heterocycles. The number of amides is 1. The largest absolute Gasteiger partial charge is 0.373 e. The molecule has 7 nitrogen and oxygen atoms in total. The Morgan fingerprint density at radius 3 is 2.76 bits per heavy atom. The Morgan fingerprint density at radius 2 is 1.90 bits per heavy atom. The molecular weight excluding hydrogens is 408 g/mol. The van der Waals surface area contributed by atoms with Gasteiger partial charge in [-0.05, 0) is 41.6 Å². The van der Waals surface area contributed by atoms with Gasteiger partial charge >= 0.3 is 0 Å². The van der Waals surface area contributed by atoms with Gasteiger partial charge in [-0.15, -0.1) is 4.40 Å². The van der Waals surface area contributed by atoms with E-state index in [1.807, 2.05) is 47.2 Å². The third-order valence-corrected chi connectivity index (χ3v) is 7.78. The van der Waals surface area contributed by atoms with Crippen molar-refractivity contribution >= 4 is 44.2 Å². The van der Waals surface area contributed by atoms with E-state index in [0.29, 0.717) is 30.4 Å². The molecule has 0 spiro atoms. The predicted octanol–water partition coefficient (Wildman–Crippen LogP) is 2.39. The first-order valence-electron chi connectivity index (χ1n) is 9.42. The average molecular weight is 429 g/mol. The SMILES string of the molecule is CN1CCN(C(=O)c2ccc3c(c2)SC2=NS(=O)(=O)CCN23)Cc2ccccc21. The van der Waals surface area contributed by atoms with Crippen molar-refractivity contribution < 1.29 is 13.2 Å². The Balaban J connectivity index is 1.43. The van der Waals surface area contributed by atoms with Crippen molar-refractivity contribution in [3.63, 3.8) is 0 Å². The van der Waals surface area contributed by atoms with Crippen LogP contribution in [0.5, 0.6) is 0 Å².